The van der Waals surface area contributed by atoms with Crippen molar-refractivity contribution in [3.05, 3.63) is 42.1 Å². The molecule has 8 heteroatoms. The van der Waals surface area contributed by atoms with Gasteiger partial charge in [0.05, 0.1) is 7.11 Å². The van der Waals surface area contributed by atoms with Crippen LogP contribution in [0.1, 0.15) is 10.5 Å². The molecule has 0 aliphatic carbocycles. The molecule has 0 radical (unpaired) electrons. The highest BCUT2D eigenvalue weighted by atomic mass is 19.4. The summed E-state index contributed by atoms with van der Waals surface area (Å²) < 4.78 is 45.1. The maximum absolute atomic E-state index is 12.1. The molecule has 0 fully saturated rings. The number of pyridine rings is 1. The van der Waals surface area contributed by atoms with Crippen molar-refractivity contribution >= 4 is 5.97 Å². The highest BCUT2D eigenvalue weighted by Crippen LogP contribution is 2.31. The van der Waals surface area contributed by atoms with Crippen LogP contribution in [0.5, 0.6) is 11.6 Å². The Labute approximate surface area is 122 Å². The van der Waals surface area contributed by atoms with Gasteiger partial charge in [0, 0.05) is 5.56 Å². The molecule has 5 nitrogen and oxygen atoms in total. The Morgan fingerprint density at radius 1 is 1.14 bits per heavy atom. The fourth-order valence-corrected chi connectivity index (χ4v) is 1.77. The quantitative estimate of drug-likeness (QED) is 0.937. The number of halogens is 3. The number of aromatic carboxylic acids is 1. The molecule has 1 N–H and O–H groups in total. The van der Waals surface area contributed by atoms with E-state index in [2.05, 4.69) is 9.72 Å². The number of benzene rings is 1. The molecule has 0 atom stereocenters. The molecule has 2 aromatic rings. The number of carbonyl (C=O) groups is 1. The van der Waals surface area contributed by atoms with Gasteiger partial charge in [-0.1, -0.05) is 12.1 Å². The summed E-state index contributed by atoms with van der Waals surface area (Å²) in [5, 5.41) is 8.87. The van der Waals surface area contributed by atoms with E-state index in [4.69, 9.17) is 9.84 Å². The monoisotopic (exact) mass is 313 g/mol. The lowest BCUT2D eigenvalue weighted by molar-refractivity contribution is -0.274. The molecule has 0 aliphatic heterocycles. The minimum absolute atomic E-state index is 0.0596. The maximum Gasteiger partial charge on any atom is 0.573 e. The van der Waals surface area contributed by atoms with E-state index in [9.17, 15) is 18.0 Å². The van der Waals surface area contributed by atoms with Gasteiger partial charge in [0.1, 0.15) is 5.75 Å². The molecule has 116 valence electrons. The minimum atomic E-state index is -4.76. The number of alkyl halides is 3. The van der Waals surface area contributed by atoms with E-state index in [1.54, 1.807) is 0 Å². The van der Waals surface area contributed by atoms with Crippen LogP contribution in [0.2, 0.25) is 0 Å². The lowest BCUT2D eigenvalue weighted by atomic mass is 10.1. The van der Waals surface area contributed by atoms with Gasteiger partial charge in [0.15, 0.2) is 5.69 Å². The Morgan fingerprint density at radius 2 is 1.77 bits per heavy atom. The summed E-state index contributed by atoms with van der Waals surface area (Å²) in [5.74, 6) is -1.51. The van der Waals surface area contributed by atoms with Crippen molar-refractivity contribution in [1.29, 1.82) is 0 Å². The molecule has 1 heterocycles. The summed E-state index contributed by atoms with van der Waals surface area (Å²) in [6, 6.07) is 7.82. The zero-order chi connectivity index (χ0) is 16.3. The summed E-state index contributed by atoms with van der Waals surface area (Å²) in [7, 11) is 1.32. The van der Waals surface area contributed by atoms with Crippen LogP contribution in [0.25, 0.3) is 11.1 Å². The molecule has 0 spiro atoms. The second-order valence-electron chi connectivity index (χ2n) is 4.13. The molecule has 2 rings (SSSR count). The van der Waals surface area contributed by atoms with Crippen LogP contribution in [0, 0.1) is 0 Å². The van der Waals surface area contributed by atoms with Gasteiger partial charge in [0.2, 0.25) is 5.88 Å². The first-order valence-electron chi connectivity index (χ1n) is 5.94. The van der Waals surface area contributed by atoms with Crippen molar-refractivity contribution in [2.45, 2.75) is 6.36 Å². The van der Waals surface area contributed by atoms with Gasteiger partial charge in [-0.3, -0.25) is 0 Å². The van der Waals surface area contributed by atoms with Crippen molar-refractivity contribution in [2.24, 2.45) is 0 Å². The van der Waals surface area contributed by atoms with E-state index in [-0.39, 0.29) is 17.3 Å². The second-order valence-corrected chi connectivity index (χ2v) is 4.13. The standard InChI is InChI=1S/C14H10F3NO4/c1-21-12-10(6-7-11(18-12)13(19)20)8-2-4-9(5-3-8)22-14(15,16)17/h2-7H,1H3,(H,19,20). The largest absolute Gasteiger partial charge is 0.573 e. The number of carboxylic acid groups (broad SMARTS) is 1. The summed E-state index contributed by atoms with van der Waals surface area (Å²) in [6.45, 7) is 0. The number of hydrogen-bond acceptors (Lipinski definition) is 4. The van der Waals surface area contributed by atoms with Gasteiger partial charge in [-0.25, -0.2) is 9.78 Å². The molecule has 1 aromatic carbocycles. The first-order valence-corrected chi connectivity index (χ1v) is 5.94. The predicted molar refractivity (Wildman–Crippen MR) is 69.9 cm³/mol. The van der Waals surface area contributed by atoms with E-state index >= 15 is 0 Å². The molecule has 0 saturated carbocycles. The average Bonchev–Trinajstić information content (AvgIpc) is 2.45. The summed E-state index contributed by atoms with van der Waals surface area (Å²) in [6.07, 6.45) is -4.76. The van der Waals surface area contributed by atoms with Gasteiger partial charge in [-0.15, -0.1) is 13.2 Å². The highest BCUT2D eigenvalue weighted by molar-refractivity contribution is 5.86. The van der Waals surface area contributed by atoms with Gasteiger partial charge in [0.25, 0.3) is 0 Å². The van der Waals surface area contributed by atoms with Crippen LogP contribution >= 0.6 is 0 Å². The third kappa shape index (κ3) is 3.66. The predicted octanol–water partition coefficient (Wildman–Crippen LogP) is 3.35. The average molecular weight is 313 g/mol. The van der Waals surface area contributed by atoms with E-state index in [0.717, 1.165) is 12.1 Å². The van der Waals surface area contributed by atoms with Crippen LogP contribution < -0.4 is 9.47 Å². The molecule has 0 bridgehead atoms. The lowest BCUT2D eigenvalue weighted by Gasteiger charge is -2.11. The van der Waals surface area contributed by atoms with Gasteiger partial charge in [-0.2, -0.15) is 0 Å². The molecule has 0 amide bonds. The van der Waals surface area contributed by atoms with Gasteiger partial charge >= 0.3 is 12.3 Å². The first kappa shape index (κ1) is 15.6. The first-order chi connectivity index (χ1) is 10.3. The smallest absolute Gasteiger partial charge is 0.481 e. The summed E-state index contributed by atoms with van der Waals surface area (Å²) >= 11 is 0. The number of nitrogens with zero attached hydrogens (tertiary/aromatic N) is 1. The number of aromatic nitrogens is 1. The number of methoxy groups -OCH3 is 1. The minimum Gasteiger partial charge on any atom is -0.481 e. The van der Waals surface area contributed by atoms with Crippen molar-refractivity contribution in [3.63, 3.8) is 0 Å². The normalized spacial score (nSPS) is 11.1. The van der Waals surface area contributed by atoms with Crippen LogP contribution in [0.15, 0.2) is 36.4 Å². The maximum atomic E-state index is 12.1. The Balaban J connectivity index is 2.34. The number of carboxylic acids is 1. The number of hydrogen-bond donors (Lipinski definition) is 1. The van der Waals surface area contributed by atoms with Gasteiger partial charge in [-0.05, 0) is 29.8 Å². The number of ether oxygens (including phenoxy) is 2. The summed E-state index contributed by atoms with van der Waals surface area (Å²) in [4.78, 5) is 14.7. The van der Waals surface area contributed by atoms with E-state index in [0.29, 0.717) is 11.1 Å². The van der Waals surface area contributed by atoms with Crippen LogP contribution in [-0.4, -0.2) is 29.5 Å². The van der Waals surface area contributed by atoms with Crippen LogP contribution in [-0.2, 0) is 0 Å². The molecule has 22 heavy (non-hydrogen) atoms. The number of rotatable bonds is 4. The van der Waals surface area contributed by atoms with E-state index in [1.165, 1.54) is 31.4 Å². The Morgan fingerprint density at radius 3 is 2.27 bits per heavy atom. The van der Waals surface area contributed by atoms with Crippen LogP contribution in [0.3, 0.4) is 0 Å². The van der Waals surface area contributed by atoms with Crippen molar-refractivity contribution in [2.75, 3.05) is 7.11 Å². The zero-order valence-corrected chi connectivity index (χ0v) is 11.2. The van der Waals surface area contributed by atoms with Crippen LogP contribution in [0.4, 0.5) is 13.2 Å². The lowest BCUT2D eigenvalue weighted by Crippen LogP contribution is -2.16. The summed E-state index contributed by atoms with van der Waals surface area (Å²) in [5.41, 5.74) is 0.763. The van der Waals surface area contributed by atoms with E-state index < -0.39 is 12.3 Å². The highest BCUT2D eigenvalue weighted by Gasteiger charge is 2.31. The molecule has 0 unspecified atom stereocenters. The fraction of sp³-hybridized carbons (Fsp3) is 0.143. The Kier molecular flexibility index (Phi) is 4.20. The topological polar surface area (TPSA) is 68.7 Å². The van der Waals surface area contributed by atoms with Crippen molar-refractivity contribution in [3.8, 4) is 22.8 Å². The third-order valence-corrected chi connectivity index (χ3v) is 2.67. The Bertz CT molecular complexity index is 683. The van der Waals surface area contributed by atoms with E-state index in [1.807, 2.05) is 0 Å². The molecular weight excluding hydrogens is 303 g/mol. The molecule has 0 aliphatic rings. The zero-order valence-electron chi connectivity index (χ0n) is 11.2. The van der Waals surface area contributed by atoms with Crippen molar-refractivity contribution in [1.82, 2.24) is 4.98 Å². The molecular formula is C14H10F3NO4. The van der Waals surface area contributed by atoms with Gasteiger partial charge < -0.3 is 14.6 Å². The molecule has 1 aromatic heterocycles. The SMILES string of the molecule is COc1nc(C(=O)O)ccc1-c1ccc(OC(F)(F)F)cc1. The Hall–Kier alpha value is -2.77. The van der Waals surface area contributed by atoms with Crippen molar-refractivity contribution < 1.29 is 32.5 Å². The second kappa shape index (κ2) is 5.92. The molecule has 0 saturated heterocycles. The third-order valence-electron chi connectivity index (χ3n) is 2.67. The fourth-order valence-electron chi connectivity index (χ4n) is 1.77.